The molecule has 2 bridgehead atoms. The lowest BCUT2D eigenvalue weighted by molar-refractivity contribution is -0.129. The first-order valence-corrected chi connectivity index (χ1v) is 7.92. The molecule has 0 aromatic heterocycles. The topological polar surface area (TPSA) is 58.4 Å². The van der Waals surface area contributed by atoms with Crippen LogP contribution in [0.25, 0.3) is 0 Å². The van der Waals surface area contributed by atoms with Crippen LogP contribution < -0.4 is 11.1 Å². The van der Waals surface area contributed by atoms with Crippen molar-refractivity contribution in [2.75, 3.05) is 19.6 Å². The van der Waals surface area contributed by atoms with E-state index in [9.17, 15) is 4.79 Å². The highest BCUT2D eigenvalue weighted by molar-refractivity contribution is 5.79. The number of amides is 1. The van der Waals surface area contributed by atoms with Crippen molar-refractivity contribution in [1.82, 2.24) is 10.2 Å². The minimum atomic E-state index is 0.138. The highest BCUT2D eigenvalue weighted by atomic mass is 16.2. The molecule has 0 spiro atoms. The average Bonchev–Trinajstić information content (AvgIpc) is 2.43. The summed E-state index contributed by atoms with van der Waals surface area (Å²) in [4.78, 5) is 15.0. The molecule has 3 N–H and O–H groups in total. The second kappa shape index (κ2) is 5.41. The Bertz CT molecular complexity index is 338. The van der Waals surface area contributed by atoms with E-state index in [1.54, 1.807) is 0 Å². The maximum atomic E-state index is 12.5. The number of piperidine rings is 3. The summed E-state index contributed by atoms with van der Waals surface area (Å²) >= 11 is 0. The predicted molar refractivity (Wildman–Crippen MR) is 75.6 cm³/mol. The van der Waals surface area contributed by atoms with Crippen LogP contribution in [0.2, 0.25) is 0 Å². The van der Waals surface area contributed by atoms with Gasteiger partial charge in [-0.05, 0) is 57.0 Å². The van der Waals surface area contributed by atoms with Gasteiger partial charge >= 0.3 is 0 Å². The van der Waals surface area contributed by atoms with Crippen molar-refractivity contribution in [2.24, 2.45) is 23.5 Å². The van der Waals surface area contributed by atoms with Crippen molar-refractivity contribution in [2.45, 2.75) is 51.1 Å². The molecular weight excluding hydrogens is 238 g/mol. The molecule has 19 heavy (non-hydrogen) atoms. The third kappa shape index (κ3) is 2.79. The SMILES string of the molecule is CC1CCC(N)CC1C(=O)NC1CN2CCC1CC2. The number of carbonyl (C=O) groups excluding carboxylic acids is 1. The van der Waals surface area contributed by atoms with Crippen LogP contribution in [-0.2, 0) is 4.79 Å². The Balaban J connectivity index is 1.58. The van der Waals surface area contributed by atoms with Crippen LogP contribution in [0.3, 0.4) is 0 Å². The number of nitrogens with zero attached hydrogens (tertiary/aromatic N) is 1. The summed E-state index contributed by atoms with van der Waals surface area (Å²) < 4.78 is 0. The smallest absolute Gasteiger partial charge is 0.223 e. The normalized spacial score (nSPS) is 46.0. The summed E-state index contributed by atoms with van der Waals surface area (Å²) in [6.45, 7) is 5.71. The summed E-state index contributed by atoms with van der Waals surface area (Å²) in [7, 11) is 0. The number of nitrogens with two attached hydrogens (primary N) is 1. The van der Waals surface area contributed by atoms with E-state index in [0.29, 0.717) is 17.9 Å². The van der Waals surface area contributed by atoms with Gasteiger partial charge in [0.25, 0.3) is 0 Å². The van der Waals surface area contributed by atoms with Crippen LogP contribution >= 0.6 is 0 Å². The summed E-state index contributed by atoms with van der Waals surface area (Å²) in [5, 5.41) is 3.33. The molecule has 4 atom stereocenters. The van der Waals surface area contributed by atoms with Gasteiger partial charge in [0.05, 0.1) is 0 Å². The molecule has 4 aliphatic rings. The standard InChI is InChI=1S/C15H27N3O/c1-10-2-3-12(16)8-13(10)15(19)17-14-9-18-6-4-11(14)5-7-18/h10-14H,2-9,16H2,1H3,(H,17,19). The maximum absolute atomic E-state index is 12.5. The monoisotopic (exact) mass is 265 g/mol. The first kappa shape index (κ1) is 13.4. The molecule has 3 heterocycles. The van der Waals surface area contributed by atoms with E-state index >= 15 is 0 Å². The van der Waals surface area contributed by atoms with E-state index in [-0.39, 0.29) is 17.9 Å². The van der Waals surface area contributed by atoms with E-state index in [2.05, 4.69) is 17.1 Å². The largest absolute Gasteiger partial charge is 0.352 e. The summed E-state index contributed by atoms with van der Waals surface area (Å²) in [5.74, 6) is 1.60. The molecule has 1 amide bonds. The van der Waals surface area contributed by atoms with Gasteiger partial charge in [-0.1, -0.05) is 6.92 Å². The second-order valence-corrected chi connectivity index (χ2v) is 6.91. The van der Waals surface area contributed by atoms with Crippen molar-refractivity contribution < 1.29 is 4.79 Å². The Morgan fingerprint density at radius 2 is 1.95 bits per heavy atom. The second-order valence-electron chi connectivity index (χ2n) is 6.91. The van der Waals surface area contributed by atoms with Crippen LogP contribution in [0, 0.1) is 17.8 Å². The Hall–Kier alpha value is -0.610. The number of carbonyl (C=O) groups is 1. The van der Waals surface area contributed by atoms with Crippen LogP contribution in [-0.4, -0.2) is 42.5 Å². The molecule has 0 radical (unpaired) electrons. The quantitative estimate of drug-likeness (QED) is 0.782. The number of fused-ring (bicyclic) bond motifs is 3. The Morgan fingerprint density at radius 1 is 1.21 bits per heavy atom. The van der Waals surface area contributed by atoms with E-state index in [1.807, 2.05) is 0 Å². The summed E-state index contributed by atoms with van der Waals surface area (Å²) in [6.07, 6.45) is 5.55. The van der Waals surface area contributed by atoms with E-state index < -0.39 is 0 Å². The first-order chi connectivity index (χ1) is 9.13. The van der Waals surface area contributed by atoms with E-state index in [4.69, 9.17) is 5.73 Å². The predicted octanol–water partition coefficient (Wildman–Crippen LogP) is 0.960. The molecule has 4 unspecified atom stereocenters. The molecular formula is C15H27N3O. The van der Waals surface area contributed by atoms with Crippen molar-refractivity contribution in [3.8, 4) is 0 Å². The van der Waals surface area contributed by atoms with Crippen molar-refractivity contribution >= 4 is 5.91 Å². The Labute approximate surface area is 116 Å². The van der Waals surface area contributed by atoms with Gasteiger partial charge < -0.3 is 16.0 Å². The fourth-order valence-corrected chi connectivity index (χ4v) is 4.14. The molecule has 4 rings (SSSR count). The molecule has 1 saturated carbocycles. The fraction of sp³-hybridized carbons (Fsp3) is 0.933. The zero-order valence-corrected chi connectivity index (χ0v) is 12.0. The zero-order chi connectivity index (χ0) is 13.4. The molecule has 0 aromatic rings. The molecule has 4 fully saturated rings. The lowest BCUT2D eigenvalue weighted by Crippen LogP contribution is -2.58. The zero-order valence-electron chi connectivity index (χ0n) is 12.0. The molecule has 1 aliphatic carbocycles. The summed E-state index contributed by atoms with van der Waals surface area (Å²) in [6, 6.07) is 0.610. The Morgan fingerprint density at radius 3 is 2.58 bits per heavy atom. The van der Waals surface area contributed by atoms with E-state index in [1.165, 1.54) is 25.9 Å². The van der Waals surface area contributed by atoms with Gasteiger partial charge in [0.15, 0.2) is 0 Å². The fourth-order valence-electron chi connectivity index (χ4n) is 4.14. The lowest BCUT2D eigenvalue weighted by Gasteiger charge is -2.45. The van der Waals surface area contributed by atoms with Crippen LogP contribution in [0.4, 0.5) is 0 Å². The third-order valence-corrected chi connectivity index (χ3v) is 5.56. The lowest BCUT2D eigenvalue weighted by atomic mass is 9.77. The average molecular weight is 265 g/mol. The van der Waals surface area contributed by atoms with Crippen LogP contribution in [0.15, 0.2) is 0 Å². The minimum Gasteiger partial charge on any atom is -0.352 e. The van der Waals surface area contributed by atoms with Gasteiger partial charge in [-0.2, -0.15) is 0 Å². The minimum absolute atomic E-state index is 0.138. The van der Waals surface area contributed by atoms with Gasteiger partial charge in [0, 0.05) is 24.5 Å². The number of hydrogen-bond donors (Lipinski definition) is 2. The van der Waals surface area contributed by atoms with Gasteiger partial charge in [-0.15, -0.1) is 0 Å². The molecule has 3 aliphatic heterocycles. The van der Waals surface area contributed by atoms with E-state index in [0.717, 1.165) is 25.8 Å². The number of nitrogens with one attached hydrogen (secondary N) is 1. The van der Waals surface area contributed by atoms with Gasteiger partial charge in [-0.3, -0.25) is 4.79 Å². The third-order valence-electron chi connectivity index (χ3n) is 5.56. The van der Waals surface area contributed by atoms with Crippen molar-refractivity contribution in [3.05, 3.63) is 0 Å². The molecule has 4 heteroatoms. The van der Waals surface area contributed by atoms with Gasteiger partial charge in [-0.25, -0.2) is 0 Å². The van der Waals surface area contributed by atoms with Crippen molar-refractivity contribution in [1.29, 1.82) is 0 Å². The number of rotatable bonds is 2. The first-order valence-electron chi connectivity index (χ1n) is 7.92. The molecule has 4 nitrogen and oxygen atoms in total. The molecule has 3 saturated heterocycles. The van der Waals surface area contributed by atoms with Crippen LogP contribution in [0.5, 0.6) is 0 Å². The Kier molecular flexibility index (Phi) is 3.81. The highest BCUT2D eigenvalue weighted by Crippen LogP contribution is 2.31. The number of hydrogen-bond acceptors (Lipinski definition) is 3. The van der Waals surface area contributed by atoms with Gasteiger partial charge in [0.1, 0.15) is 0 Å². The summed E-state index contributed by atoms with van der Waals surface area (Å²) in [5.41, 5.74) is 6.03. The van der Waals surface area contributed by atoms with Gasteiger partial charge in [0.2, 0.25) is 5.91 Å². The highest BCUT2D eigenvalue weighted by Gasteiger charge is 2.37. The van der Waals surface area contributed by atoms with Crippen LogP contribution in [0.1, 0.15) is 39.0 Å². The maximum Gasteiger partial charge on any atom is 0.223 e. The molecule has 108 valence electrons. The van der Waals surface area contributed by atoms with Crippen molar-refractivity contribution in [3.63, 3.8) is 0 Å². The molecule has 0 aromatic carbocycles.